The minimum absolute atomic E-state index is 0.0975. The third-order valence-corrected chi connectivity index (χ3v) is 3.60. The SMILES string of the molecule is CCOC(=O)Cc1csc(NN=Cc2ccc(C(=O)O)c(O)c2)n1. The highest BCUT2D eigenvalue weighted by Gasteiger charge is 2.09. The zero-order chi connectivity index (χ0) is 17.5. The molecular weight excluding hydrogens is 334 g/mol. The van der Waals surface area contributed by atoms with Crippen molar-refractivity contribution in [2.45, 2.75) is 13.3 Å². The van der Waals surface area contributed by atoms with E-state index in [-0.39, 0.29) is 23.7 Å². The average molecular weight is 349 g/mol. The van der Waals surface area contributed by atoms with E-state index >= 15 is 0 Å². The molecule has 0 aliphatic rings. The van der Waals surface area contributed by atoms with Crippen LogP contribution in [-0.2, 0) is 16.0 Å². The summed E-state index contributed by atoms with van der Waals surface area (Å²) in [6, 6.07) is 4.10. The summed E-state index contributed by atoms with van der Waals surface area (Å²) in [6.45, 7) is 2.06. The fourth-order valence-electron chi connectivity index (χ4n) is 1.77. The fraction of sp³-hybridized carbons (Fsp3) is 0.200. The van der Waals surface area contributed by atoms with Crippen molar-refractivity contribution in [3.63, 3.8) is 0 Å². The number of carboxylic acid groups (broad SMARTS) is 1. The molecule has 3 N–H and O–H groups in total. The van der Waals surface area contributed by atoms with Gasteiger partial charge in [0.05, 0.1) is 24.9 Å². The first-order valence-corrected chi connectivity index (χ1v) is 7.83. The van der Waals surface area contributed by atoms with Crippen LogP contribution in [0.25, 0.3) is 0 Å². The van der Waals surface area contributed by atoms with Crippen LogP contribution in [0.2, 0.25) is 0 Å². The minimum Gasteiger partial charge on any atom is -0.507 e. The number of nitrogens with one attached hydrogen (secondary N) is 1. The minimum atomic E-state index is -1.20. The molecule has 126 valence electrons. The first-order valence-electron chi connectivity index (χ1n) is 6.95. The van der Waals surface area contributed by atoms with Crippen molar-refractivity contribution in [2.75, 3.05) is 12.0 Å². The van der Waals surface area contributed by atoms with Gasteiger partial charge in [0.2, 0.25) is 5.13 Å². The summed E-state index contributed by atoms with van der Waals surface area (Å²) in [5.41, 5.74) is 3.63. The van der Waals surface area contributed by atoms with Gasteiger partial charge in [-0.1, -0.05) is 6.07 Å². The van der Waals surface area contributed by atoms with E-state index in [0.717, 1.165) is 0 Å². The van der Waals surface area contributed by atoms with Crippen LogP contribution in [0.4, 0.5) is 5.13 Å². The molecule has 9 heteroatoms. The maximum absolute atomic E-state index is 11.4. The molecule has 0 unspecified atom stereocenters. The number of hydrogen-bond acceptors (Lipinski definition) is 8. The number of nitrogens with zero attached hydrogens (tertiary/aromatic N) is 2. The summed E-state index contributed by atoms with van der Waals surface area (Å²) in [6.07, 6.45) is 1.51. The zero-order valence-electron chi connectivity index (χ0n) is 12.7. The second kappa shape index (κ2) is 8.06. The number of ether oxygens (including phenoxy) is 1. The average Bonchev–Trinajstić information content (AvgIpc) is 2.94. The summed E-state index contributed by atoms with van der Waals surface area (Å²) in [5, 5.41) is 24.6. The second-order valence-corrected chi connectivity index (χ2v) is 5.44. The Labute approximate surface area is 141 Å². The quantitative estimate of drug-likeness (QED) is 0.397. The molecule has 0 bridgehead atoms. The molecule has 0 saturated carbocycles. The van der Waals surface area contributed by atoms with Gasteiger partial charge in [-0.15, -0.1) is 11.3 Å². The van der Waals surface area contributed by atoms with Crippen molar-refractivity contribution in [2.24, 2.45) is 5.10 Å². The van der Waals surface area contributed by atoms with Gasteiger partial charge in [-0.05, 0) is 24.6 Å². The van der Waals surface area contributed by atoms with Gasteiger partial charge in [-0.2, -0.15) is 5.10 Å². The fourth-order valence-corrected chi connectivity index (χ4v) is 2.43. The van der Waals surface area contributed by atoms with Crippen molar-refractivity contribution in [3.05, 3.63) is 40.4 Å². The van der Waals surface area contributed by atoms with Crippen LogP contribution >= 0.6 is 11.3 Å². The molecule has 1 heterocycles. The van der Waals surface area contributed by atoms with Gasteiger partial charge in [0, 0.05) is 5.38 Å². The lowest BCUT2D eigenvalue weighted by molar-refractivity contribution is -0.142. The molecule has 0 amide bonds. The number of aromatic carboxylic acids is 1. The van der Waals surface area contributed by atoms with Crippen LogP contribution in [0, 0.1) is 0 Å². The Hall–Kier alpha value is -2.94. The predicted octanol–water partition coefficient (Wildman–Crippen LogP) is 2.10. The van der Waals surface area contributed by atoms with Crippen LogP contribution in [-0.4, -0.2) is 40.0 Å². The molecule has 0 spiro atoms. The van der Waals surface area contributed by atoms with Crippen LogP contribution in [0.15, 0.2) is 28.7 Å². The lowest BCUT2D eigenvalue weighted by Gasteiger charge is -2.00. The molecule has 8 nitrogen and oxygen atoms in total. The molecule has 1 aromatic carbocycles. The van der Waals surface area contributed by atoms with Crippen molar-refractivity contribution >= 4 is 34.6 Å². The lowest BCUT2D eigenvalue weighted by Crippen LogP contribution is -2.07. The first-order chi connectivity index (χ1) is 11.5. The molecule has 2 rings (SSSR count). The smallest absolute Gasteiger partial charge is 0.339 e. The van der Waals surface area contributed by atoms with Crippen LogP contribution in [0.3, 0.4) is 0 Å². The maximum atomic E-state index is 11.4. The number of aromatic hydroxyl groups is 1. The number of phenols is 1. The number of carbonyl (C=O) groups excluding carboxylic acids is 1. The third-order valence-electron chi connectivity index (χ3n) is 2.81. The number of thiazole rings is 1. The van der Waals surface area contributed by atoms with E-state index < -0.39 is 5.97 Å². The Kier molecular flexibility index (Phi) is 5.85. The Morgan fingerprint density at radius 2 is 2.25 bits per heavy atom. The van der Waals surface area contributed by atoms with E-state index in [9.17, 15) is 14.7 Å². The van der Waals surface area contributed by atoms with E-state index in [0.29, 0.717) is 23.0 Å². The summed E-state index contributed by atoms with van der Waals surface area (Å²) in [4.78, 5) is 26.3. The third kappa shape index (κ3) is 4.78. The van der Waals surface area contributed by atoms with E-state index in [1.165, 1.54) is 35.8 Å². The summed E-state index contributed by atoms with van der Waals surface area (Å²) >= 11 is 1.28. The van der Waals surface area contributed by atoms with Crippen LogP contribution < -0.4 is 5.43 Å². The highest BCUT2D eigenvalue weighted by molar-refractivity contribution is 7.13. The zero-order valence-corrected chi connectivity index (χ0v) is 13.5. The van der Waals surface area contributed by atoms with Crippen molar-refractivity contribution in [1.82, 2.24) is 4.98 Å². The number of anilines is 1. The highest BCUT2D eigenvalue weighted by atomic mass is 32.1. The molecule has 0 aliphatic heterocycles. The van der Waals surface area contributed by atoms with E-state index in [2.05, 4.69) is 15.5 Å². The van der Waals surface area contributed by atoms with Gasteiger partial charge in [-0.25, -0.2) is 9.78 Å². The number of benzene rings is 1. The Bertz CT molecular complexity index is 772. The van der Waals surface area contributed by atoms with Crippen LogP contribution in [0.5, 0.6) is 5.75 Å². The Morgan fingerprint density at radius 3 is 2.92 bits per heavy atom. The molecule has 1 aromatic heterocycles. The standard InChI is InChI=1S/C15H15N3O5S/c1-2-23-13(20)6-10-8-24-15(17-10)18-16-7-9-3-4-11(14(21)22)12(19)5-9/h3-5,7-8,19H,2,6H2,1H3,(H,17,18)(H,21,22). The Balaban J connectivity index is 1.95. The summed E-state index contributed by atoms with van der Waals surface area (Å²) < 4.78 is 4.84. The molecule has 0 aliphatic carbocycles. The molecule has 0 saturated heterocycles. The van der Waals surface area contributed by atoms with Gasteiger partial charge < -0.3 is 14.9 Å². The van der Waals surface area contributed by atoms with Gasteiger partial charge in [0.25, 0.3) is 0 Å². The Morgan fingerprint density at radius 1 is 1.46 bits per heavy atom. The number of hydrazone groups is 1. The monoisotopic (exact) mass is 349 g/mol. The first kappa shape index (κ1) is 17.4. The van der Waals surface area contributed by atoms with Crippen molar-refractivity contribution in [1.29, 1.82) is 0 Å². The normalized spacial score (nSPS) is 10.7. The van der Waals surface area contributed by atoms with Gasteiger partial charge >= 0.3 is 11.9 Å². The number of carboxylic acids is 1. The predicted molar refractivity (Wildman–Crippen MR) is 88.7 cm³/mol. The molecule has 0 fully saturated rings. The topological polar surface area (TPSA) is 121 Å². The van der Waals surface area contributed by atoms with Crippen LogP contribution in [0.1, 0.15) is 28.5 Å². The molecule has 0 atom stereocenters. The molecule has 24 heavy (non-hydrogen) atoms. The molecule has 2 aromatic rings. The van der Waals surface area contributed by atoms with E-state index in [1.54, 1.807) is 12.3 Å². The van der Waals surface area contributed by atoms with Crippen molar-refractivity contribution in [3.8, 4) is 5.75 Å². The number of aromatic nitrogens is 1. The highest BCUT2D eigenvalue weighted by Crippen LogP contribution is 2.18. The largest absolute Gasteiger partial charge is 0.507 e. The van der Waals surface area contributed by atoms with Gasteiger partial charge in [-0.3, -0.25) is 10.2 Å². The van der Waals surface area contributed by atoms with E-state index in [4.69, 9.17) is 9.84 Å². The number of rotatable bonds is 7. The van der Waals surface area contributed by atoms with E-state index in [1.807, 2.05) is 0 Å². The maximum Gasteiger partial charge on any atom is 0.339 e. The number of carbonyl (C=O) groups is 2. The number of esters is 1. The summed E-state index contributed by atoms with van der Waals surface area (Å²) in [7, 11) is 0. The lowest BCUT2D eigenvalue weighted by atomic mass is 10.1. The van der Waals surface area contributed by atoms with Crippen molar-refractivity contribution < 1.29 is 24.5 Å². The number of hydrogen-bond donors (Lipinski definition) is 3. The molecular formula is C15H15N3O5S. The summed E-state index contributed by atoms with van der Waals surface area (Å²) in [5.74, 6) is -1.88. The second-order valence-electron chi connectivity index (χ2n) is 4.58. The van der Waals surface area contributed by atoms with Gasteiger partial charge in [0.15, 0.2) is 0 Å². The van der Waals surface area contributed by atoms with Gasteiger partial charge in [0.1, 0.15) is 11.3 Å². The molecule has 0 radical (unpaired) electrons.